The fourth-order valence-corrected chi connectivity index (χ4v) is 2.11. The van der Waals surface area contributed by atoms with E-state index in [0.717, 1.165) is 28.3 Å². The summed E-state index contributed by atoms with van der Waals surface area (Å²) in [5, 5.41) is 3.36. The fourth-order valence-electron chi connectivity index (χ4n) is 1.84. The standard InChI is InChI=1S/C14H18BrN3/c1-10(2)8-18-9-11(3)16-14(18)17-13-6-4-12(15)5-7-13/h4-7,9-10H,8H2,1-3H3,(H,16,17). The van der Waals surface area contributed by atoms with Crippen molar-refractivity contribution in [3.8, 4) is 0 Å². The minimum Gasteiger partial charge on any atom is -0.326 e. The number of aromatic nitrogens is 2. The van der Waals surface area contributed by atoms with Crippen molar-refractivity contribution in [2.24, 2.45) is 5.92 Å². The van der Waals surface area contributed by atoms with Gasteiger partial charge in [0.25, 0.3) is 0 Å². The van der Waals surface area contributed by atoms with Gasteiger partial charge in [0, 0.05) is 22.9 Å². The molecule has 0 saturated heterocycles. The summed E-state index contributed by atoms with van der Waals surface area (Å²) in [5.41, 5.74) is 2.09. The number of nitrogens with zero attached hydrogens (tertiary/aromatic N) is 2. The summed E-state index contributed by atoms with van der Waals surface area (Å²) in [6.07, 6.45) is 2.08. The zero-order valence-electron chi connectivity index (χ0n) is 10.9. The first kappa shape index (κ1) is 13.1. The lowest BCUT2D eigenvalue weighted by atomic mass is 10.2. The highest BCUT2D eigenvalue weighted by atomic mass is 79.9. The molecule has 3 nitrogen and oxygen atoms in total. The monoisotopic (exact) mass is 307 g/mol. The van der Waals surface area contributed by atoms with E-state index in [4.69, 9.17) is 0 Å². The Balaban J connectivity index is 2.20. The second kappa shape index (κ2) is 5.57. The van der Waals surface area contributed by atoms with Gasteiger partial charge >= 0.3 is 0 Å². The van der Waals surface area contributed by atoms with E-state index in [1.165, 1.54) is 0 Å². The number of imidazole rings is 1. The van der Waals surface area contributed by atoms with Crippen LogP contribution in [0.5, 0.6) is 0 Å². The average Bonchev–Trinajstić information content (AvgIpc) is 2.61. The van der Waals surface area contributed by atoms with E-state index in [-0.39, 0.29) is 0 Å². The van der Waals surface area contributed by atoms with Gasteiger partial charge in [0.2, 0.25) is 5.95 Å². The fraction of sp³-hybridized carbons (Fsp3) is 0.357. The lowest BCUT2D eigenvalue weighted by molar-refractivity contribution is 0.527. The van der Waals surface area contributed by atoms with Gasteiger partial charge in [-0.3, -0.25) is 0 Å². The minimum absolute atomic E-state index is 0.601. The zero-order valence-corrected chi connectivity index (χ0v) is 12.5. The van der Waals surface area contributed by atoms with Gasteiger partial charge in [-0.05, 0) is 37.1 Å². The van der Waals surface area contributed by atoms with Crippen LogP contribution in [0.4, 0.5) is 11.6 Å². The molecule has 4 heteroatoms. The molecule has 0 aliphatic heterocycles. The molecule has 2 rings (SSSR count). The number of hydrogen-bond donors (Lipinski definition) is 1. The molecule has 0 spiro atoms. The molecule has 0 aliphatic rings. The van der Waals surface area contributed by atoms with E-state index >= 15 is 0 Å². The summed E-state index contributed by atoms with van der Waals surface area (Å²) < 4.78 is 3.25. The Hall–Kier alpha value is -1.29. The molecule has 0 aliphatic carbocycles. The van der Waals surface area contributed by atoms with Crippen LogP contribution in [-0.2, 0) is 6.54 Å². The van der Waals surface area contributed by atoms with Crippen molar-refractivity contribution < 1.29 is 0 Å². The summed E-state index contributed by atoms with van der Waals surface area (Å²) in [6.45, 7) is 7.40. The van der Waals surface area contributed by atoms with Crippen molar-refractivity contribution in [3.05, 3.63) is 40.6 Å². The van der Waals surface area contributed by atoms with Crippen LogP contribution in [0.15, 0.2) is 34.9 Å². The quantitative estimate of drug-likeness (QED) is 0.910. The third kappa shape index (κ3) is 3.35. The average molecular weight is 308 g/mol. The normalized spacial score (nSPS) is 10.9. The molecule has 0 saturated carbocycles. The molecule has 96 valence electrons. The second-order valence-corrected chi connectivity index (χ2v) is 5.80. The molecule has 1 N–H and O–H groups in total. The molecular weight excluding hydrogens is 290 g/mol. The smallest absolute Gasteiger partial charge is 0.207 e. The van der Waals surface area contributed by atoms with Crippen LogP contribution in [-0.4, -0.2) is 9.55 Å². The van der Waals surface area contributed by atoms with E-state index in [0.29, 0.717) is 5.92 Å². The molecule has 0 unspecified atom stereocenters. The number of aryl methyl sites for hydroxylation is 1. The summed E-state index contributed by atoms with van der Waals surface area (Å²) >= 11 is 3.43. The number of benzene rings is 1. The Kier molecular flexibility index (Phi) is 4.07. The maximum Gasteiger partial charge on any atom is 0.207 e. The number of anilines is 2. The van der Waals surface area contributed by atoms with Crippen LogP contribution in [0.2, 0.25) is 0 Å². The second-order valence-electron chi connectivity index (χ2n) is 4.88. The maximum atomic E-state index is 4.52. The predicted molar refractivity (Wildman–Crippen MR) is 79.2 cm³/mol. The molecule has 1 aromatic heterocycles. The molecule has 0 atom stereocenters. The molecule has 1 aromatic carbocycles. The molecule has 0 bridgehead atoms. The molecule has 1 heterocycles. The SMILES string of the molecule is Cc1cn(CC(C)C)c(Nc2ccc(Br)cc2)n1. The first-order valence-electron chi connectivity index (χ1n) is 6.11. The molecule has 2 aromatic rings. The van der Waals surface area contributed by atoms with Crippen LogP contribution in [0.3, 0.4) is 0 Å². The maximum absolute atomic E-state index is 4.52. The number of rotatable bonds is 4. The summed E-state index contributed by atoms with van der Waals surface area (Å²) in [7, 11) is 0. The van der Waals surface area contributed by atoms with Crippen LogP contribution < -0.4 is 5.32 Å². The Bertz CT molecular complexity index is 514. The van der Waals surface area contributed by atoms with E-state index < -0.39 is 0 Å². The highest BCUT2D eigenvalue weighted by molar-refractivity contribution is 9.10. The zero-order chi connectivity index (χ0) is 13.1. The van der Waals surface area contributed by atoms with Gasteiger partial charge in [-0.25, -0.2) is 4.98 Å². The van der Waals surface area contributed by atoms with Crippen molar-refractivity contribution >= 4 is 27.6 Å². The first-order chi connectivity index (χ1) is 8.54. The van der Waals surface area contributed by atoms with E-state index in [1.54, 1.807) is 0 Å². The van der Waals surface area contributed by atoms with E-state index in [2.05, 4.69) is 50.8 Å². The largest absolute Gasteiger partial charge is 0.326 e. The Morgan fingerprint density at radius 1 is 1.28 bits per heavy atom. The van der Waals surface area contributed by atoms with Crippen LogP contribution in [0.25, 0.3) is 0 Å². The van der Waals surface area contributed by atoms with Gasteiger partial charge in [-0.1, -0.05) is 29.8 Å². The van der Waals surface area contributed by atoms with Crippen molar-refractivity contribution in [2.45, 2.75) is 27.3 Å². The van der Waals surface area contributed by atoms with Gasteiger partial charge in [-0.2, -0.15) is 0 Å². The molecular formula is C14H18BrN3. The van der Waals surface area contributed by atoms with Crippen molar-refractivity contribution in [2.75, 3.05) is 5.32 Å². The lowest BCUT2D eigenvalue weighted by Gasteiger charge is -2.11. The Labute approximate surface area is 116 Å². The first-order valence-corrected chi connectivity index (χ1v) is 6.90. The summed E-state index contributed by atoms with van der Waals surface area (Å²) in [4.78, 5) is 4.52. The van der Waals surface area contributed by atoms with Crippen LogP contribution >= 0.6 is 15.9 Å². The van der Waals surface area contributed by atoms with Crippen LogP contribution in [0.1, 0.15) is 19.5 Å². The third-order valence-electron chi connectivity index (χ3n) is 2.56. The molecule has 0 radical (unpaired) electrons. The summed E-state index contributed by atoms with van der Waals surface area (Å²) in [6, 6.07) is 8.11. The summed E-state index contributed by atoms with van der Waals surface area (Å²) in [5.74, 6) is 1.51. The van der Waals surface area contributed by atoms with Crippen molar-refractivity contribution in [1.29, 1.82) is 0 Å². The van der Waals surface area contributed by atoms with E-state index in [9.17, 15) is 0 Å². The van der Waals surface area contributed by atoms with Crippen molar-refractivity contribution in [3.63, 3.8) is 0 Å². The number of hydrogen-bond acceptors (Lipinski definition) is 2. The number of nitrogens with one attached hydrogen (secondary N) is 1. The third-order valence-corrected chi connectivity index (χ3v) is 3.09. The Morgan fingerprint density at radius 3 is 2.56 bits per heavy atom. The molecule has 18 heavy (non-hydrogen) atoms. The highest BCUT2D eigenvalue weighted by Crippen LogP contribution is 2.19. The topological polar surface area (TPSA) is 29.9 Å². The van der Waals surface area contributed by atoms with E-state index in [1.807, 2.05) is 31.2 Å². The molecule has 0 amide bonds. The van der Waals surface area contributed by atoms with Gasteiger partial charge < -0.3 is 9.88 Å². The van der Waals surface area contributed by atoms with Gasteiger partial charge in [-0.15, -0.1) is 0 Å². The Morgan fingerprint density at radius 2 is 1.94 bits per heavy atom. The molecule has 0 fully saturated rings. The lowest BCUT2D eigenvalue weighted by Crippen LogP contribution is -2.07. The minimum atomic E-state index is 0.601. The van der Waals surface area contributed by atoms with Crippen LogP contribution in [0, 0.1) is 12.8 Å². The van der Waals surface area contributed by atoms with Gasteiger partial charge in [0.05, 0.1) is 5.69 Å². The highest BCUT2D eigenvalue weighted by Gasteiger charge is 2.07. The van der Waals surface area contributed by atoms with Crippen molar-refractivity contribution in [1.82, 2.24) is 9.55 Å². The number of halogens is 1. The van der Waals surface area contributed by atoms with Gasteiger partial charge in [0.1, 0.15) is 0 Å². The predicted octanol–water partition coefficient (Wildman–Crippen LogP) is 4.35. The van der Waals surface area contributed by atoms with Gasteiger partial charge in [0.15, 0.2) is 0 Å².